The third kappa shape index (κ3) is 4.20. The van der Waals surface area contributed by atoms with Crippen LogP contribution in [0.5, 0.6) is 0 Å². The van der Waals surface area contributed by atoms with Gasteiger partial charge in [0.15, 0.2) is 11.1 Å². The summed E-state index contributed by atoms with van der Waals surface area (Å²) in [7, 11) is 0. The van der Waals surface area contributed by atoms with E-state index in [1.165, 1.54) is 0 Å². The predicted molar refractivity (Wildman–Crippen MR) is 30.7 cm³/mol. The molecular weight excluding hydrogens is 130 g/mol. The van der Waals surface area contributed by atoms with Crippen LogP contribution in [-0.2, 0) is 11.1 Å². The molecule has 0 fully saturated rings. The van der Waals surface area contributed by atoms with E-state index in [-0.39, 0.29) is 12.3 Å². The lowest BCUT2D eigenvalue weighted by atomic mass is 10.4. The molecule has 0 aromatic carbocycles. The molecule has 0 bridgehead atoms. The van der Waals surface area contributed by atoms with Crippen molar-refractivity contribution in [2.24, 2.45) is 5.73 Å². The van der Waals surface area contributed by atoms with Gasteiger partial charge in [-0.05, 0) is 0 Å². The Bertz CT molecular complexity index is 86.6. The van der Waals surface area contributed by atoms with Gasteiger partial charge in [-0.2, -0.15) is 0 Å². The highest BCUT2D eigenvalue weighted by atomic mass is 32.2. The third-order valence-corrected chi connectivity index (χ3v) is 1.28. The fraction of sp³-hybridized carbons (Fsp3) is 1.00. The van der Waals surface area contributed by atoms with E-state index in [9.17, 15) is 4.21 Å². The van der Waals surface area contributed by atoms with Crippen molar-refractivity contribution >= 4 is 11.1 Å². The van der Waals surface area contributed by atoms with Crippen LogP contribution in [0.4, 0.5) is 0 Å². The van der Waals surface area contributed by atoms with E-state index in [0.717, 1.165) is 0 Å². The van der Waals surface area contributed by atoms with Gasteiger partial charge in [0, 0.05) is 6.54 Å². The standard InChI is InChI=1S/C3H9NO3S/c4-1-3(5)2-8(6)7/h3,5H,1-2,4H2,(H,6,7). The van der Waals surface area contributed by atoms with Crippen molar-refractivity contribution in [3.05, 3.63) is 0 Å². The number of rotatable bonds is 3. The van der Waals surface area contributed by atoms with E-state index >= 15 is 0 Å². The van der Waals surface area contributed by atoms with Crippen LogP contribution in [0.3, 0.4) is 0 Å². The summed E-state index contributed by atoms with van der Waals surface area (Å²) >= 11 is -1.93. The topological polar surface area (TPSA) is 83.5 Å². The Balaban J connectivity index is 3.24. The first kappa shape index (κ1) is 8.03. The molecule has 2 unspecified atom stereocenters. The molecule has 5 heteroatoms. The molecule has 0 aliphatic heterocycles. The molecule has 0 spiro atoms. The Morgan fingerprint density at radius 3 is 2.38 bits per heavy atom. The second kappa shape index (κ2) is 3.96. The van der Waals surface area contributed by atoms with Gasteiger partial charge in [0.25, 0.3) is 0 Å². The van der Waals surface area contributed by atoms with Crippen molar-refractivity contribution in [3.8, 4) is 0 Å². The molecule has 0 aliphatic carbocycles. The fourth-order valence-corrected chi connectivity index (χ4v) is 0.698. The largest absolute Gasteiger partial charge is 0.391 e. The van der Waals surface area contributed by atoms with E-state index in [4.69, 9.17) is 15.4 Å². The lowest BCUT2D eigenvalue weighted by Gasteiger charge is -2.00. The maximum absolute atomic E-state index is 9.86. The van der Waals surface area contributed by atoms with Crippen molar-refractivity contribution in [1.82, 2.24) is 0 Å². The maximum atomic E-state index is 9.86. The molecule has 0 aliphatic rings. The van der Waals surface area contributed by atoms with Gasteiger partial charge in [-0.3, -0.25) is 0 Å². The van der Waals surface area contributed by atoms with Crippen molar-refractivity contribution in [2.45, 2.75) is 6.10 Å². The Morgan fingerprint density at radius 1 is 1.75 bits per heavy atom. The normalized spacial score (nSPS) is 17.9. The lowest BCUT2D eigenvalue weighted by Crippen LogP contribution is -2.25. The summed E-state index contributed by atoms with van der Waals surface area (Å²) in [6.07, 6.45) is -0.846. The number of aliphatic hydroxyl groups excluding tert-OH is 1. The smallest absolute Gasteiger partial charge is 0.155 e. The van der Waals surface area contributed by atoms with Crippen LogP contribution < -0.4 is 5.73 Å². The highest BCUT2D eigenvalue weighted by Crippen LogP contribution is 1.80. The second-order valence-corrected chi connectivity index (χ2v) is 2.35. The molecule has 50 valence electrons. The van der Waals surface area contributed by atoms with Gasteiger partial charge < -0.3 is 15.4 Å². The van der Waals surface area contributed by atoms with E-state index < -0.39 is 17.2 Å². The van der Waals surface area contributed by atoms with Crippen LogP contribution in [0.25, 0.3) is 0 Å². The zero-order valence-corrected chi connectivity index (χ0v) is 5.10. The van der Waals surface area contributed by atoms with Crippen LogP contribution in [0.15, 0.2) is 0 Å². The average molecular weight is 139 g/mol. The Kier molecular flexibility index (Phi) is 3.98. The van der Waals surface area contributed by atoms with Crippen molar-refractivity contribution in [1.29, 1.82) is 0 Å². The minimum absolute atomic E-state index is 0.0340. The van der Waals surface area contributed by atoms with Crippen LogP contribution in [0.1, 0.15) is 0 Å². The molecule has 8 heavy (non-hydrogen) atoms. The van der Waals surface area contributed by atoms with Gasteiger partial charge in [-0.25, -0.2) is 4.21 Å². The zero-order valence-electron chi connectivity index (χ0n) is 4.28. The molecule has 4 nitrogen and oxygen atoms in total. The van der Waals surface area contributed by atoms with Crippen molar-refractivity contribution in [3.63, 3.8) is 0 Å². The molecule has 0 heterocycles. The first-order chi connectivity index (χ1) is 3.66. The zero-order chi connectivity index (χ0) is 6.57. The second-order valence-electron chi connectivity index (χ2n) is 1.38. The van der Waals surface area contributed by atoms with Crippen LogP contribution >= 0.6 is 0 Å². The average Bonchev–Trinajstić information content (AvgIpc) is 1.65. The number of hydrogen-bond acceptors (Lipinski definition) is 3. The van der Waals surface area contributed by atoms with Crippen LogP contribution in [-0.4, -0.2) is 32.3 Å². The molecule has 0 rings (SSSR count). The maximum Gasteiger partial charge on any atom is 0.155 e. The summed E-state index contributed by atoms with van der Waals surface area (Å²) in [6.45, 7) is 0.0340. The van der Waals surface area contributed by atoms with Crippen molar-refractivity contribution < 1.29 is 13.9 Å². The van der Waals surface area contributed by atoms with Gasteiger partial charge in [0.1, 0.15) is 0 Å². The highest BCUT2D eigenvalue weighted by Gasteiger charge is 2.02. The number of nitrogens with two attached hydrogens (primary N) is 1. The quantitative estimate of drug-likeness (QED) is 0.417. The minimum atomic E-state index is -1.93. The van der Waals surface area contributed by atoms with Crippen LogP contribution in [0.2, 0.25) is 0 Å². The highest BCUT2D eigenvalue weighted by molar-refractivity contribution is 7.79. The summed E-state index contributed by atoms with van der Waals surface area (Å²) in [5, 5.41) is 8.55. The van der Waals surface area contributed by atoms with Crippen LogP contribution in [0, 0.1) is 0 Å². The predicted octanol–water partition coefficient (Wildman–Crippen LogP) is -1.47. The fourth-order valence-electron chi connectivity index (χ4n) is 0.233. The van der Waals surface area contributed by atoms with E-state index in [2.05, 4.69) is 0 Å². The number of aliphatic hydroxyl groups is 1. The monoisotopic (exact) mass is 139 g/mol. The molecule has 0 saturated heterocycles. The lowest BCUT2D eigenvalue weighted by molar-refractivity contribution is 0.205. The summed E-state index contributed by atoms with van der Waals surface area (Å²) in [4.78, 5) is 0. The third-order valence-electron chi connectivity index (χ3n) is 0.607. The Morgan fingerprint density at radius 2 is 2.25 bits per heavy atom. The van der Waals surface area contributed by atoms with Gasteiger partial charge >= 0.3 is 0 Å². The molecule has 4 N–H and O–H groups in total. The molecular formula is C3H9NO3S. The summed E-state index contributed by atoms with van der Waals surface area (Å²) < 4.78 is 18.0. The minimum Gasteiger partial charge on any atom is -0.391 e. The van der Waals surface area contributed by atoms with Gasteiger partial charge in [0.2, 0.25) is 0 Å². The molecule has 0 aromatic rings. The van der Waals surface area contributed by atoms with Gasteiger partial charge in [-0.15, -0.1) is 0 Å². The van der Waals surface area contributed by atoms with Gasteiger partial charge in [-0.1, -0.05) is 0 Å². The SMILES string of the molecule is NCC(O)CS(=O)O. The molecule has 0 aromatic heterocycles. The molecule has 2 atom stereocenters. The molecule has 0 saturated carbocycles. The first-order valence-corrected chi connectivity index (χ1v) is 3.40. The van der Waals surface area contributed by atoms with E-state index in [1.807, 2.05) is 0 Å². The first-order valence-electron chi connectivity index (χ1n) is 2.12. The molecule has 0 radical (unpaired) electrons. The van der Waals surface area contributed by atoms with Gasteiger partial charge in [0.05, 0.1) is 11.9 Å². The number of hydrogen-bond donors (Lipinski definition) is 3. The summed E-state index contributed by atoms with van der Waals surface area (Å²) in [5.41, 5.74) is 4.92. The Labute approximate surface area is 50.0 Å². The van der Waals surface area contributed by atoms with Crippen molar-refractivity contribution in [2.75, 3.05) is 12.3 Å². The summed E-state index contributed by atoms with van der Waals surface area (Å²) in [5.74, 6) is -0.156. The van der Waals surface area contributed by atoms with E-state index in [1.54, 1.807) is 0 Å². The molecule has 0 amide bonds. The van der Waals surface area contributed by atoms with E-state index in [0.29, 0.717) is 0 Å². The Hall–Kier alpha value is 0.0300. The summed E-state index contributed by atoms with van der Waals surface area (Å²) in [6, 6.07) is 0.